The third kappa shape index (κ3) is 4.02. The molecule has 84 valence electrons. The number of nitrogens with two attached hydrogens (primary N) is 1. The van der Waals surface area contributed by atoms with E-state index >= 15 is 0 Å². The fourth-order valence-corrected chi connectivity index (χ4v) is 2.23. The predicted octanol–water partition coefficient (Wildman–Crippen LogP) is 4.05. The molecule has 3 heteroatoms. The lowest BCUT2D eigenvalue weighted by atomic mass is 9.90. The van der Waals surface area contributed by atoms with Crippen molar-refractivity contribution in [3.8, 4) is 0 Å². The summed E-state index contributed by atoms with van der Waals surface area (Å²) >= 11 is 11.9. The van der Waals surface area contributed by atoms with E-state index in [0.29, 0.717) is 10.0 Å². The maximum absolute atomic E-state index is 6.17. The van der Waals surface area contributed by atoms with Crippen molar-refractivity contribution in [1.82, 2.24) is 0 Å². The number of benzene rings is 1. The molecule has 1 nitrogen and oxygen atoms in total. The van der Waals surface area contributed by atoms with Gasteiger partial charge in [0, 0.05) is 15.6 Å². The van der Waals surface area contributed by atoms with Gasteiger partial charge in [0.2, 0.25) is 0 Å². The van der Waals surface area contributed by atoms with Crippen LogP contribution in [0, 0.1) is 0 Å². The molecule has 0 bridgehead atoms. The van der Waals surface area contributed by atoms with Gasteiger partial charge in [0.15, 0.2) is 0 Å². The maximum atomic E-state index is 6.17. The minimum absolute atomic E-state index is 0.188. The molecule has 0 spiro atoms. The van der Waals surface area contributed by atoms with Crippen molar-refractivity contribution in [2.75, 3.05) is 0 Å². The standard InChI is InChI=1S/C12H17Cl2N/c1-3-6-12(2,15)8-9-4-5-10(13)7-11(9)14/h4-5,7H,3,6,8,15H2,1-2H3. The molecule has 1 rings (SSSR count). The monoisotopic (exact) mass is 245 g/mol. The van der Waals surface area contributed by atoms with Gasteiger partial charge in [-0.05, 0) is 37.5 Å². The minimum atomic E-state index is -0.188. The third-order valence-electron chi connectivity index (χ3n) is 2.43. The van der Waals surface area contributed by atoms with E-state index in [-0.39, 0.29) is 5.54 Å². The lowest BCUT2D eigenvalue weighted by molar-refractivity contribution is 0.425. The second-order valence-electron chi connectivity index (χ2n) is 4.32. The minimum Gasteiger partial charge on any atom is -0.325 e. The molecular formula is C12H17Cl2N. The molecule has 0 saturated heterocycles. The molecule has 15 heavy (non-hydrogen) atoms. The molecular weight excluding hydrogens is 229 g/mol. The van der Waals surface area contributed by atoms with Crippen molar-refractivity contribution >= 4 is 23.2 Å². The molecule has 0 saturated carbocycles. The summed E-state index contributed by atoms with van der Waals surface area (Å²) in [6, 6.07) is 5.57. The Balaban J connectivity index is 2.80. The van der Waals surface area contributed by atoms with Gasteiger partial charge in [-0.25, -0.2) is 0 Å². The zero-order valence-corrected chi connectivity index (χ0v) is 10.7. The summed E-state index contributed by atoms with van der Waals surface area (Å²) in [6.07, 6.45) is 2.86. The van der Waals surface area contributed by atoms with Crippen LogP contribution < -0.4 is 5.73 Å². The van der Waals surface area contributed by atoms with Crippen LogP contribution >= 0.6 is 23.2 Å². The van der Waals surface area contributed by atoms with Crippen LogP contribution in [0.2, 0.25) is 10.0 Å². The summed E-state index contributed by atoms with van der Waals surface area (Å²) in [5.41, 5.74) is 7.06. The average molecular weight is 246 g/mol. The second kappa shape index (κ2) is 5.20. The lowest BCUT2D eigenvalue weighted by Crippen LogP contribution is -2.38. The van der Waals surface area contributed by atoms with Crippen LogP contribution in [-0.2, 0) is 6.42 Å². The first-order chi connectivity index (χ1) is 6.94. The zero-order valence-electron chi connectivity index (χ0n) is 9.19. The Morgan fingerprint density at radius 2 is 2.00 bits per heavy atom. The van der Waals surface area contributed by atoms with E-state index in [2.05, 4.69) is 13.8 Å². The van der Waals surface area contributed by atoms with E-state index < -0.39 is 0 Å². The Labute approximate surface area is 102 Å². The van der Waals surface area contributed by atoms with Crippen LogP contribution in [-0.4, -0.2) is 5.54 Å². The van der Waals surface area contributed by atoms with Gasteiger partial charge in [-0.3, -0.25) is 0 Å². The van der Waals surface area contributed by atoms with Crippen LogP contribution in [0.5, 0.6) is 0 Å². The summed E-state index contributed by atoms with van der Waals surface area (Å²) in [7, 11) is 0. The largest absolute Gasteiger partial charge is 0.325 e. The van der Waals surface area contributed by atoms with E-state index in [4.69, 9.17) is 28.9 Å². The highest BCUT2D eigenvalue weighted by Gasteiger charge is 2.19. The summed E-state index contributed by atoms with van der Waals surface area (Å²) in [6.45, 7) is 4.19. The quantitative estimate of drug-likeness (QED) is 0.851. The van der Waals surface area contributed by atoms with Gasteiger partial charge in [-0.2, -0.15) is 0 Å². The fourth-order valence-electron chi connectivity index (χ4n) is 1.76. The smallest absolute Gasteiger partial charge is 0.0453 e. The molecule has 0 heterocycles. The van der Waals surface area contributed by atoms with Crippen molar-refractivity contribution in [2.45, 2.75) is 38.6 Å². The normalized spacial score (nSPS) is 15.0. The topological polar surface area (TPSA) is 26.0 Å². The Hall–Kier alpha value is -0.240. The SMILES string of the molecule is CCCC(C)(N)Cc1ccc(Cl)cc1Cl. The van der Waals surface area contributed by atoms with E-state index in [1.807, 2.05) is 12.1 Å². The molecule has 0 aliphatic rings. The van der Waals surface area contributed by atoms with Crippen molar-refractivity contribution in [1.29, 1.82) is 0 Å². The van der Waals surface area contributed by atoms with Gasteiger partial charge < -0.3 is 5.73 Å². The molecule has 0 aliphatic carbocycles. The number of rotatable bonds is 4. The van der Waals surface area contributed by atoms with Gasteiger partial charge in [-0.1, -0.05) is 42.6 Å². The summed E-state index contributed by atoms with van der Waals surface area (Å²) in [5.74, 6) is 0. The molecule has 0 aliphatic heterocycles. The first-order valence-corrected chi connectivity index (χ1v) is 5.93. The Bertz CT molecular complexity index is 334. The van der Waals surface area contributed by atoms with E-state index in [0.717, 1.165) is 24.8 Å². The van der Waals surface area contributed by atoms with Crippen LogP contribution in [0.15, 0.2) is 18.2 Å². The Kier molecular flexibility index (Phi) is 4.45. The van der Waals surface area contributed by atoms with Crippen molar-refractivity contribution in [3.05, 3.63) is 33.8 Å². The van der Waals surface area contributed by atoms with Gasteiger partial charge in [0.25, 0.3) is 0 Å². The number of hydrogen-bond donors (Lipinski definition) is 1. The molecule has 0 aromatic heterocycles. The molecule has 0 radical (unpaired) electrons. The first-order valence-electron chi connectivity index (χ1n) is 5.17. The second-order valence-corrected chi connectivity index (χ2v) is 5.16. The van der Waals surface area contributed by atoms with Gasteiger partial charge in [-0.15, -0.1) is 0 Å². The van der Waals surface area contributed by atoms with Crippen molar-refractivity contribution in [3.63, 3.8) is 0 Å². The molecule has 2 N–H and O–H groups in total. The molecule has 0 amide bonds. The summed E-state index contributed by atoms with van der Waals surface area (Å²) in [5, 5.41) is 1.37. The van der Waals surface area contributed by atoms with Crippen LogP contribution in [0.4, 0.5) is 0 Å². The molecule has 0 fully saturated rings. The lowest BCUT2D eigenvalue weighted by Gasteiger charge is -2.24. The number of halogens is 2. The molecule has 1 aromatic rings. The predicted molar refractivity (Wildman–Crippen MR) is 67.7 cm³/mol. The van der Waals surface area contributed by atoms with Gasteiger partial charge in [0.1, 0.15) is 0 Å². The van der Waals surface area contributed by atoms with Crippen LogP contribution in [0.25, 0.3) is 0 Å². The summed E-state index contributed by atoms with van der Waals surface area (Å²) < 4.78 is 0. The third-order valence-corrected chi connectivity index (χ3v) is 3.02. The zero-order chi connectivity index (χ0) is 11.5. The van der Waals surface area contributed by atoms with Gasteiger partial charge in [0.05, 0.1) is 0 Å². The summed E-state index contributed by atoms with van der Waals surface area (Å²) in [4.78, 5) is 0. The average Bonchev–Trinajstić information content (AvgIpc) is 2.09. The first kappa shape index (κ1) is 12.8. The van der Waals surface area contributed by atoms with Crippen LogP contribution in [0.3, 0.4) is 0 Å². The Morgan fingerprint density at radius 1 is 1.33 bits per heavy atom. The highest BCUT2D eigenvalue weighted by atomic mass is 35.5. The van der Waals surface area contributed by atoms with Crippen molar-refractivity contribution in [2.24, 2.45) is 5.73 Å². The highest BCUT2D eigenvalue weighted by molar-refractivity contribution is 6.35. The van der Waals surface area contributed by atoms with Crippen molar-refractivity contribution < 1.29 is 0 Å². The van der Waals surface area contributed by atoms with E-state index in [9.17, 15) is 0 Å². The van der Waals surface area contributed by atoms with Crippen LogP contribution in [0.1, 0.15) is 32.3 Å². The van der Waals surface area contributed by atoms with E-state index in [1.165, 1.54) is 0 Å². The molecule has 1 aromatic carbocycles. The highest BCUT2D eigenvalue weighted by Crippen LogP contribution is 2.25. The molecule has 1 unspecified atom stereocenters. The molecule has 1 atom stereocenters. The maximum Gasteiger partial charge on any atom is 0.0453 e. The van der Waals surface area contributed by atoms with E-state index in [1.54, 1.807) is 6.07 Å². The number of hydrogen-bond acceptors (Lipinski definition) is 1. The fraction of sp³-hybridized carbons (Fsp3) is 0.500. The Morgan fingerprint density at radius 3 is 2.53 bits per heavy atom. The van der Waals surface area contributed by atoms with Gasteiger partial charge >= 0.3 is 0 Å².